The summed E-state index contributed by atoms with van der Waals surface area (Å²) in [5.41, 5.74) is 0. The highest BCUT2D eigenvalue weighted by atomic mass is 32.2. The summed E-state index contributed by atoms with van der Waals surface area (Å²) in [7, 11) is 0. The molecule has 0 spiro atoms. The second-order valence-corrected chi connectivity index (χ2v) is 5.89. The van der Waals surface area contributed by atoms with E-state index in [1.807, 2.05) is 0 Å². The lowest BCUT2D eigenvalue weighted by molar-refractivity contribution is -0.123. The Morgan fingerprint density at radius 3 is 3.24 bits per heavy atom. The van der Waals surface area contributed by atoms with Crippen molar-refractivity contribution in [3.05, 3.63) is 0 Å². The maximum absolute atomic E-state index is 12.0. The summed E-state index contributed by atoms with van der Waals surface area (Å²) in [4.78, 5) is 12.0. The van der Waals surface area contributed by atoms with E-state index in [-0.39, 0.29) is 11.9 Å². The fourth-order valence-corrected chi connectivity index (χ4v) is 3.47. The number of nitrogens with one attached hydrogen (secondary N) is 2. The summed E-state index contributed by atoms with van der Waals surface area (Å²) in [6.07, 6.45) is 8.95. The molecule has 2 aliphatic rings. The molecule has 1 saturated heterocycles. The molecule has 0 bridgehead atoms. The Kier molecular flexibility index (Phi) is 4.75. The van der Waals surface area contributed by atoms with Gasteiger partial charge in [-0.2, -0.15) is 0 Å². The Hall–Kier alpha value is -0.660. The molecule has 2 N–H and O–H groups in total. The van der Waals surface area contributed by atoms with Crippen LogP contribution in [0.15, 0.2) is 0 Å². The predicted molar refractivity (Wildman–Crippen MR) is 71.8 cm³/mol. The number of carbonyl (C=O) groups is 1. The average molecular weight is 252 g/mol. The number of hydrogen-bond donors (Lipinski definition) is 2. The van der Waals surface area contributed by atoms with Gasteiger partial charge in [-0.05, 0) is 31.2 Å². The molecule has 4 heteroatoms. The molecule has 3 unspecified atom stereocenters. The second-order valence-electron chi connectivity index (χ2n) is 4.79. The van der Waals surface area contributed by atoms with Gasteiger partial charge in [0.25, 0.3) is 0 Å². The lowest BCUT2D eigenvalue weighted by Gasteiger charge is -2.17. The smallest absolute Gasteiger partial charge is 0.237 e. The highest BCUT2D eigenvalue weighted by Gasteiger charge is 2.42. The third kappa shape index (κ3) is 3.17. The van der Waals surface area contributed by atoms with Crippen LogP contribution in [0.25, 0.3) is 0 Å². The topological polar surface area (TPSA) is 41.1 Å². The Bertz CT molecular complexity index is 313. The van der Waals surface area contributed by atoms with E-state index in [2.05, 4.69) is 16.6 Å². The number of terminal acetylenes is 1. The lowest BCUT2D eigenvalue weighted by atomic mass is 9.94. The maximum Gasteiger partial charge on any atom is 0.237 e. The van der Waals surface area contributed by atoms with Crippen molar-refractivity contribution >= 4 is 17.7 Å². The van der Waals surface area contributed by atoms with E-state index in [9.17, 15) is 4.79 Å². The van der Waals surface area contributed by atoms with Crippen molar-refractivity contribution in [2.45, 2.75) is 25.3 Å². The van der Waals surface area contributed by atoms with E-state index in [4.69, 9.17) is 6.42 Å². The molecule has 1 heterocycles. The first-order valence-corrected chi connectivity index (χ1v) is 7.50. The molecule has 0 radical (unpaired) electrons. The molecular formula is C13H20N2OS. The van der Waals surface area contributed by atoms with Gasteiger partial charge in [-0.3, -0.25) is 4.79 Å². The van der Waals surface area contributed by atoms with Gasteiger partial charge in [0.15, 0.2) is 0 Å². The number of thioether (sulfide) groups is 1. The van der Waals surface area contributed by atoms with Crippen molar-refractivity contribution < 1.29 is 4.79 Å². The SMILES string of the molecule is C#CCSCCNC(=O)C1NCC2CCCC21. The van der Waals surface area contributed by atoms with Gasteiger partial charge in [0.2, 0.25) is 5.91 Å². The summed E-state index contributed by atoms with van der Waals surface area (Å²) < 4.78 is 0. The number of carbonyl (C=O) groups excluding carboxylic acids is 1. The Morgan fingerprint density at radius 2 is 2.41 bits per heavy atom. The van der Waals surface area contributed by atoms with Gasteiger partial charge in [0.05, 0.1) is 11.8 Å². The first-order valence-electron chi connectivity index (χ1n) is 6.35. The van der Waals surface area contributed by atoms with E-state index in [1.165, 1.54) is 19.3 Å². The number of hydrogen-bond acceptors (Lipinski definition) is 3. The first kappa shape index (κ1) is 12.8. The molecule has 0 aromatic carbocycles. The lowest BCUT2D eigenvalue weighted by Crippen LogP contribution is -2.44. The van der Waals surface area contributed by atoms with Crippen LogP contribution in [0, 0.1) is 24.2 Å². The van der Waals surface area contributed by atoms with Crippen LogP contribution in [0.3, 0.4) is 0 Å². The van der Waals surface area contributed by atoms with Crippen molar-refractivity contribution in [3.63, 3.8) is 0 Å². The maximum atomic E-state index is 12.0. The highest BCUT2D eigenvalue weighted by molar-refractivity contribution is 7.99. The molecule has 1 amide bonds. The fraction of sp³-hybridized carbons (Fsp3) is 0.769. The highest BCUT2D eigenvalue weighted by Crippen LogP contribution is 2.37. The fourth-order valence-electron chi connectivity index (χ4n) is 2.96. The molecule has 2 rings (SSSR count). The normalized spacial score (nSPS) is 30.9. The molecule has 3 nitrogen and oxygen atoms in total. The van der Waals surface area contributed by atoms with E-state index in [0.29, 0.717) is 5.92 Å². The minimum absolute atomic E-state index is 0.0557. The minimum atomic E-state index is 0.0557. The van der Waals surface area contributed by atoms with Crippen LogP contribution in [-0.4, -0.2) is 36.5 Å². The van der Waals surface area contributed by atoms with Crippen molar-refractivity contribution in [1.82, 2.24) is 10.6 Å². The van der Waals surface area contributed by atoms with Crippen LogP contribution in [0.4, 0.5) is 0 Å². The van der Waals surface area contributed by atoms with E-state index >= 15 is 0 Å². The van der Waals surface area contributed by atoms with Crippen LogP contribution in [0.2, 0.25) is 0 Å². The van der Waals surface area contributed by atoms with Gasteiger partial charge in [-0.1, -0.05) is 12.3 Å². The molecular weight excluding hydrogens is 232 g/mol. The monoisotopic (exact) mass is 252 g/mol. The van der Waals surface area contributed by atoms with E-state index in [0.717, 1.165) is 30.5 Å². The van der Waals surface area contributed by atoms with Gasteiger partial charge in [0, 0.05) is 12.3 Å². The van der Waals surface area contributed by atoms with Crippen molar-refractivity contribution in [3.8, 4) is 12.3 Å². The summed E-state index contributed by atoms with van der Waals surface area (Å²) >= 11 is 1.69. The average Bonchev–Trinajstić information content (AvgIpc) is 2.90. The van der Waals surface area contributed by atoms with Crippen LogP contribution in [0.1, 0.15) is 19.3 Å². The predicted octanol–water partition coefficient (Wildman–Crippen LogP) is 0.857. The molecule has 94 valence electrons. The molecule has 3 atom stereocenters. The van der Waals surface area contributed by atoms with Crippen molar-refractivity contribution in [1.29, 1.82) is 0 Å². The second kappa shape index (κ2) is 6.32. The van der Waals surface area contributed by atoms with E-state index < -0.39 is 0 Å². The Labute approximate surface area is 107 Å². The largest absolute Gasteiger partial charge is 0.354 e. The third-order valence-electron chi connectivity index (χ3n) is 3.76. The zero-order valence-electron chi connectivity index (χ0n) is 10.1. The van der Waals surface area contributed by atoms with Gasteiger partial charge < -0.3 is 10.6 Å². The molecule has 0 aromatic rings. The van der Waals surface area contributed by atoms with Crippen LogP contribution in [0.5, 0.6) is 0 Å². The molecule has 1 aliphatic carbocycles. The van der Waals surface area contributed by atoms with Crippen molar-refractivity contribution in [2.24, 2.45) is 11.8 Å². The van der Waals surface area contributed by atoms with Crippen LogP contribution >= 0.6 is 11.8 Å². The summed E-state index contributed by atoms with van der Waals surface area (Å²) in [6, 6.07) is 0.0557. The van der Waals surface area contributed by atoms with Crippen LogP contribution in [-0.2, 0) is 4.79 Å². The zero-order valence-corrected chi connectivity index (χ0v) is 10.9. The quantitative estimate of drug-likeness (QED) is 0.563. The van der Waals surface area contributed by atoms with Gasteiger partial charge >= 0.3 is 0 Å². The number of amides is 1. The number of rotatable bonds is 5. The molecule has 1 aliphatic heterocycles. The first-order chi connectivity index (χ1) is 8.33. The molecule has 0 aromatic heterocycles. The summed E-state index contributed by atoms with van der Waals surface area (Å²) in [6.45, 7) is 1.75. The summed E-state index contributed by atoms with van der Waals surface area (Å²) in [5, 5.41) is 6.36. The standard InChI is InChI=1S/C13H20N2OS/c1-2-7-17-8-6-14-13(16)12-11-5-3-4-10(11)9-15-12/h1,10-12,15H,3-9H2,(H,14,16). The third-order valence-corrected chi connectivity index (χ3v) is 4.62. The molecule has 17 heavy (non-hydrogen) atoms. The number of fused-ring (bicyclic) bond motifs is 1. The molecule has 1 saturated carbocycles. The molecule has 2 fully saturated rings. The summed E-state index contributed by atoms with van der Waals surface area (Å²) in [5.74, 6) is 5.70. The Morgan fingerprint density at radius 1 is 1.53 bits per heavy atom. The van der Waals surface area contributed by atoms with Gasteiger partial charge in [-0.25, -0.2) is 0 Å². The van der Waals surface area contributed by atoms with E-state index in [1.54, 1.807) is 11.8 Å². The van der Waals surface area contributed by atoms with Crippen LogP contribution < -0.4 is 10.6 Å². The zero-order chi connectivity index (χ0) is 12.1. The van der Waals surface area contributed by atoms with Gasteiger partial charge in [-0.15, -0.1) is 18.2 Å². The Balaban J connectivity index is 1.68. The van der Waals surface area contributed by atoms with Gasteiger partial charge in [0.1, 0.15) is 0 Å². The van der Waals surface area contributed by atoms with Crippen molar-refractivity contribution in [2.75, 3.05) is 24.6 Å². The minimum Gasteiger partial charge on any atom is -0.354 e.